The molecule has 1 fully saturated rings. The van der Waals surface area contributed by atoms with E-state index in [9.17, 15) is 43.8 Å². The van der Waals surface area contributed by atoms with Crippen molar-refractivity contribution in [1.29, 1.82) is 0 Å². The summed E-state index contributed by atoms with van der Waals surface area (Å²) in [5.74, 6) is -4.35. The van der Waals surface area contributed by atoms with E-state index in [1.807, 2.05) is 38.1 Å². The number of fused-ring (bicyclic) bond motifs is 1. The molecule has 2 heterocycles. The first-order chi connectivity index (χ1) is 31.2. The Hall–Kier alpha value is -6.91. The smallest absolute Gasteiger partial charge is 0.326 e. The lowest BCUT2D eigenvalue weighted by Crippen LogP contribution is -2.58. The monoisotopic (exact) mass is 894 g/mol. The third-order valence-electron chi connectivity index (χ3n) is 11.3. The fourth-order valence-electron chi connectivity index (χ4n) is 7.72. The fourth-order valence-corrected chi connectivity index (χ4v) is 7.72. The summed E-state index contributed by atoms with van der Waals surface area (Å²) in [5, 5.41) is 36.8. The molecule has 1 aromatic heterocycles. The first-order valence-corrected chi connectivity index (χ1v) is 22.3. The average Bonchev–Trinajstić information content (AvgIpc) is 3.47. The van der Waals surface area contributed by atoms with E-state index in [1.54, 1.807) is 53.6 Å². The summed E-state index contributed by atoms with van der Waals surface area (Å²) in [7, 11) is 0. The molecule has 7 amide bonds. The molecule has 0 radical (unpaired) electrons. The number of aromatic amines is 1. The quantitative estimate of drug-likeness (QED) is 0.0594. The van der Waals surface area contributed by atoms with Crippen molar-refractivity contribution in [3.8, 4) is 5.75 Å². The van der Waals surface area contributed by atoms with Gasteiger partial charge in [0.15, 0.2) is 0 Å². The zero-order chi connectivity index (χ0) is 46.9. The number of para-hydroxylation sites is 1. The van der Waals surface area contributed by atoms with Crippen molar-refractivity contribution >= 4 is 52.4 Å². The molecule has 0 unspecified atom stereocenters. The van der Waals surface area contributed by atoms with E-state index in [0.29, 0.717) is 30.6 Å². The summed E-state index contributed by atoms with van der Waals surface area (Å²) in [6.45, 7) is 6.37. The Morgan fingerprint density at radius 3 is 1.89 bits per heavy atom. The third-order valence-corrected chi connectivity index (χ3v) is 11.3. The number of carboxylic acids is 1. The van der Waals surface area contributed by atoms with Crippen LogP contribution in [0, 0.1) is 5.92 Å². The molecular weight excluding hydrogens is 833 g/mol. The molecule has 17 nitrogen and oxygen atoms in total. The van der Waals surface area contributed by atoms with Gasteiger partial charge in [0, 0.05) is 62.4 Å². The summed E-state index contributed by atoms with van der Waals surface area (Å²) in [5.41, 5.74) is 2.87. The van der Waals surface area contributed by atoms with E-state index in [2.05, 4.69) is 36.9 Å². The second-order valence-corrected chi connectivity index (χ2v) is 17.0. The number of benzene rings is 3. The summed E-state index contributed by atoms with van der Waals surface area (Å²) >= 11 is 0. The van der Waals surface area contributed by atoms with Crippen molar-refractivity contribution in [3.05, 3.63) is 102 Å². The van der Waals surface area contributed by atoms with Gasteiger partial charge in [-0.3, -0.25) is 24.0 Å². The Balaban J connectivity index is 1.21. The maximum atomic E-state index is 14.0. The van der Waals surface area contributed by atoms with Crippen LogP contribution < -0.4 is 31.9 Å². The van der Waals surface area contributed by atoms with E-state index in [-0.39, 0.29) is 49.9 Å². The van der Waals surface area contributed by atoms with Crippen LogP contribution in [0.25, 0.3) is 10.9 Å². The molecule has 1 aliphatic heterocycles. The van der Waals surface area contributed by atoms with Gasteiger partial charge >= 0.3 is 12.0 Å². The molecule has 9 N–H and O–H groups in total. The summed E-state index contributed by atoms with van der Waals surface area (Å²) in [4.78, 5) is 98.4. The van der Waals surface area contributed by atoms with Gasteiger partial charge in [-0.05, 0) is 67.0 Å². The minimum atomic E-state index is -1.29. The molecule has 17 heteroatoms. The fraction of sp³-hybridized carbons (Fsp3) is 0.438. The van der Waals surface area contributed by atoms with E-state index >= 15 is 0 Å². The van der Waals surface area contributed by atoms with Gasteiger partial charge in [0.1, 0.15) is 36.0 Å². The number of hydrogen-bond donors (Lipinski definition) is 9. The van der Waals surface area contributed by atoms with Crippen LogP contribution in [-0.4, -0.2) is 111 Å². The zero-order valence-electron chi connectivity index (χ0n) is 37.2. The topological polar surface area (TPSA) is 251 Å². The molecule has 5 atom stereocenters. The number of aromatic hydroxyl groups is 1. The maximum absolute atomic E-state index is 14.0. The Morgan fingerprint density at radius 2 is 1.22 bits per heavy atom. The second-order valence-electron chi connectivity index (χ2n) is 17.0. The summed E-state index contributed by atoms with van der Waals surface area (Å²) in [6, 6.07) is 16.3. The molecular formula is C48H62N8O9. The third kappa shape index (κ3) is 15.4. The van der Waals surface area contributed by atoms with Crippen molar-refractivity contribution in [1.82, 2.24) is 41.8 Å². The lowest BCUT2D eigenvalue weighted by atomic mass is 10.0. The lowest BCUT2D eigenvalue weighted by Gasteiger charge is -2.28. The number of nitrogens with zero attached hydrogens (tertiary/aromatic N) is 1. The van der Waals surface area contributed by atoms with Gasteiger partial charge < -0.3 is 52.0 Å². The molecule has 4 aromatic rings. The normalized spacial score (nSPS) is 15.0. The number of phenolic OH excluding ortho intramolecular Hbond substituents is 1. The number of urea groups is 1. The highest BCUT2D eigenvalue weighted by Gasteiger charge is 2.32. The standard InChI is InChI=1S/C48H62N8O9/c1-30(2)25-38(55-48(65)56-23-11-4-5-12-24-56)45(61)53-40(28-34-29-50-37-16-10-9-15-36(34)37)44(60)51-31(3)43(59)49-22-21-42(58)52-39(26-33-17-19-35(57)20-18-33)46(62)54-41(47(63)64)27-32-13-7-6-8-14-32/h6-10,13-20,29-31,38-41,50,57H,4-5,11-12,21-28H2,1-3H3,(H,49,59)(H,51,60)(H,52,58)(H,53,61)(H,54,62)(H,55,65)(H,63,64)/t31-,38+,39+,40-,41-/m1/s1. The Kier molecular flexibility index (Phi) is 18.3. The Bertz CT molecular complexity index is 2240. The largest absolute Gasteiger partial charge is 0.508 e. The van der Waals surface area contributed by atoms with Crippen molar-refractivity contribution in [2.75, 3.05) is 19.6 Å². The van der Waals surface area contributed by atoms with Gasteiger partial charge in [-0.15, -0.1) is 0 Å². The van der Waals surface area contributed by atoms with Crippen molar-refractivity contribution < 1.29 is 43.8 Å². The predicted octanol–water partition coefficient (Wildman–Crippen LogP) is 3.45. The number of carbonyl (C=O) groups excluding carboxylic acids is 6. The number of phenols is 1. The number of likely N-dealkylation sites (tertiary alicyclic amines) is 1. The number of H-pyrrole nitrogens is 1. The van der Waals surface area contributed by atoms with Crippen LogP contribution >= 0.6 is 0 Å². The molecule has 65 heavy (non-hydrogen) atoms. The maximum Gasteiger partial charge on any atom is 0.326 e. The number of aromatic nitrogens is 1. The average molecular weight is 895 g/mol. The van der Waals surface area contributed by atoms with Gasteiger partial charge in [-0.25, -0.2) is 9.59 Å². The Labute approximate surface area is 378 Å². The second kappa shape index (κ2) is 24.2. The molecule has 0 saturated carbocycles. The van der Waals surface area contributed by atoms with Crippen LogP contribution in [0.5, 0.6) is 5.75 Å². The van der Waals surface area contributed by atoms with Crippen LogP contribution in [-0.2, 0) is 48.0 Å². The number of nitrogens with one attached hydrogen (secondary N) is 7. The van der Waals surface area contributed by atoms with Gasteiger partial charge in [-0.2, -0.15) is 0 Å². The van der Waals surface area contributed by atoms with Crippen molar-refractivity contribution in [3.63, 3.8) is 0 Å². The molecule has 3 aromatic carbocycles. The number of amides is 7. The van der Waals surface area contributed by atoms with Gasteiger partial charge in [0.25, 0.3) is 0 Å². The molecule has 348 valence electrons. The van der Waals surface area contributed by atoms with Crippen molar-refractivity contribution in [2.45, 2.75) is 109 Å². The van der Waals surface area contributed by atoms with Gasteiger partial charge in [0.05, 0.1) is 0 Å². The van der Waals surface area contributed by atoms with Gasteiger partial charge in [0.2, 0.25) is 29.5 Å². The van der Waals surface area contributed by atoms with E-state index in [4.69, 9.17) is 0 Å². The SMILES string of the molecule is CC(C)C[C@H](NC(=O)N1CCCCCC1)C(=O)N[C@H](Cc1c[nH]c2ccccc12)C(=O)N[C@H](C)C(=O)NCCC(=O)N[C@@H](Cc1ccc(O)cc1)C(=O)N[C@H](Cc1ccccc1)C(=O)O. The molecule has 0 spiro atoms. The predicted molar refractivity (Wildman–Crippen MR) is 244 cm³/mol. The summed E-state index contributed by atoms with van der Waals surface area (Å²) < 4.78 is 0. The lowest BCUT2D eigenvalue weighted by molar-refractivity contribution is -0.142. The van der Waals surface area contributed by atoms with Crippen molar-refractivity contribution in [2.24, 2.45) is 5.92 Å². The highest BCUT2D eigenvalue weighted by Crippen LogP contribution is 2.20. The number of hydrogen-bond acceptors (Lipinski definition) is 8. The van der Waals surface area contributed by atoms with E-state index in [0.717, 1.165) is 42.1 Å². The minimum absolute atomic E-state index is 0.00225. The molecule has 0 aliphatic carbocycles. The minimum Gasteiger partial charge on any atom is -0.508 e. The molecule has 5 rings (SSSR count). The summed E-state index contributed by atoms with van der Waals surface area (Å²) in [6.07, 6.45) is 5.72. The van der Waals surface area contributed by atoms with E-state index < -0.39 is 65.7 Å². The van der Waals surface area contributed by atoms with E-state index in [1.165, 1.54) is 19.1 Å². The molecule has 1 saturated heterocycles. The Morgan fingerprint density at radius 1 is 0.631 bits per heavy atom. The van der Waals surface area contributed by atoms with Crippen LogP contribution in [0.15, 0.2) is 85.1 Å². The highest BCUT2D eigenvalue weighted by atomic mass is 16.4. The van der Waals surface area contributed by atoms with Crippen LogP contribution in [0.1, 0.15) is 76.0 Å². The van der Waals surface area contributed by atoms with Crippen LogP contribution in [0.2, 0.25) is 0 Å². The number of aliphatic carboxylic acids is 1. The van der Waals surface area contributed by atoms with Crippen LogP contribution in [0.3, 0.4) is 0 Å². The zero-order valence-corrected chi connectivity index (χ0v) is 37.2. The van der Waals surface area contributed by atoms with Crippen LogP contribution in [0.4, 0.5) is 4.79 Å². The highest BCUT2D eigenvalue weighted by molar-refractivity contribution is 5.95. The first kappa shape index (κ1) is 49.1. The molecule has 0 bridgehead atoms. The number of carbonyl (C=O) groups is 7. The molecule has 1 aliphatic rings. The first-order valence-electron chi connectivity index (χ1n) is 22.3. The number of carboxylic acid groups (broad SMARTS) is 1. The van der Waals surface area contributed by atoms with Gasteiger partial charge in [-0.1, -0.05) is 87.4 Å². The number of rotatable bonds is 21.